The molecule has 0 fully saturated rings. The first-order chi connectivity index (χ1) is 12.6. The molecule has 3 aromatic rings. The van der Waals surface area contributed by atoms with Gasteiger partial charge >= 0.3 is 0 Å². The first-order valence-corrected chi connectivity index (χ1v) is 9.86. The summed E-state index contributed by atoms with van der Waals surface area (Å²) in [5.41, 5.74) is 2.00. The van der Waals surface area contributed by atoms with E-state index in [1.54, 1.807) is 17.1 Å². The summed E-state index contributed by atoms with van der Waals surface area (Å²) in [6.45, 7) is 2.43. The first kappa shape index (κ1) is 18.3. The molecular formula is C17H18N6OS2. The van der Waals surface area contributed by atoms with Crippen LogP contribution in [0.4, 0.5) is 11.6 Å². The molecule has 9 heteroatoms. The Bertz CT molecular complexity index is 1010. The summed E-state index contributed by atoms with van der Waals surface area (Å²) in [7, 11) is -1.05. The number of hydrogen-bond donors (Lipinski definition) is 2. The van der Waals surface area contributed by atoms with E-state index in [-0.39, 0.29) is 0 Å². The van der Waals surface area contributed by atoms with E-state index in [2.05, 4.69) is 38.2 Å². The number of nitrogens with one attached hydrogen (secondary N) is 1. The molecule has 1 N–H and O–H groups in total. The number of rotatable bonds is 6. The number of fused-ring (bicyclic) bond motifs is 1. The molecule has 1 aromatic carbocycles. The van der Waals surface area contributed by atoms with E-state index >= 15 is 0 Å². The van der Waals surface area contributed by atoms with Gasteiger partial charge in [0.05, 0.1) is 12.7 Å². The summed E-state index contributed by atoms with van der Waals surface area (Å²) in [4.78, 5) is 10.3. The molecule has 7 nitrogen and oxygen atoms in total. The number of benzene rings is 1. The number of allylic oxidation sites excluding steroid dienone is 3. The average molecular weight is 387 g/mol. The fraction of sp³-hybridized carbons (Fsp3) is 0.176. The topological polar surface area (TPSA) is 85.6 Å². The first-order valence-electron chi connectivity index (χ1n) is 7.85. The van der Waals surface area contributed by atoms with Crippen LogP contribution in [-0.2, 0) is 17.3 Å². The summed E-state index contributed by atoms with van der Waals surface area (Å²) in [5, 5.41) is 11.3. The Balaban J connectivity index is 1.86. The van der Waals surface area contributed by atoms with Crippen LogP contribution in [0.2, 0.25) is 0 Å². The third-order valence-electron chi connectivity index (χ3n) is 3.49. The Labute approximate surface area is 159 Å². The number of anilines is 2. The zero-order valence-electron chi connectivity index (χ0n) is 14.3. The van der Waals surface area contributed by atoms with Gasteiger partial charge < -0.3 is 5.32 Å². The molecule has 0 saturated heterocycles. The lowest BCUT2D eigenvalue weighted by Gasteiger charge is -2.06. The van der Waals surface area contributed by atoms with Gasteiger partial charge in [-0.1, -0.05) is 23.4 Å². The molecule has 1 unspecified atom stereocenters. The Morgan fingerprint density at radius 1 is 1.42 bits per heavy atom. The molecule has 0 aliphatic carbocycles. The van der Waals surface area contributed by atoms with Crippen molar-refractivity contribution in [2.45, 2.75) is 18.4 Å². The predicted molar refractivity (Wildman–Crippen MR) is 107 cm³/mol. The highest BCUT2D eigenvalue weighted by atomic mass is 32.2. The number of thiol groups is 1. The Kier molecular flexibility index (Phi) is 5.79. The summed E-state index contributed by atoms with van der Waals surface area (Å²) in [6, 6.07) is 7.33. The van der Waals surface area contributed by atoms with Gasteiger partial charge in [0.25, 0.3) is 0 Å². The van der Waals surface area contributed by atoms with Gasteiger partial charge in [-0.05, 0) is 31.2 Å². The molecule has 3 rings (SSSR count). The van der Waals surface area contributed by atoms with Crippen LogP contribution in [0.15, 0.2) is 58.5 Å². The fourth-order valence-corrected chi connectivity index (χ4v) is 3.05. The van der Waals surface area contributed by atoms with Crippen molar-refractivity contribution in [3.05, 3.63) is 53.6 Å². The molecule has 26 heavy (non-hydrogen) atoms. The third kappa shape index (κ3) is 4.36. The van der Waals surface area contributed by atoms with Crippen molar-refractivity contribution in [2.75, 3.05) is 11.6 Å². The third-order valence-corrected chi connectivity index (χ3v) is 4.74. The standard InChI is InChI=1S/C17H18N6OS2/c1-3-5-13(25)8-9-23-16-15(21-22-23)11-18-17(20-16)19-12-6-4-7-14(10-12)26(2)24/h3-8,10-11,25H,9H2,1-2H3,(H,18,19,20)/b5-3-,13-8+. The maximum absolute atomic E-state index is 11.6. The summed E-state index contributed by atoms with van der Waals surface area (Å²) < 4.78 is 13.3. The lowest BCUT2D eigenvalue weighted by molar-refractivity contribution is 0.676. The van der Waals surface area contributed by atoms with E-state index in [1.165, 1.54) is 0 Å². The minimum Gasteiger partial charge on any atom is -0.324 e. The maximum atomic E-state index is 11.6. The molecule has 134 valence electrons. The molecular weight excluding hydrogens is 368 g/mol. The number of hydrogen-bond acceptors (Lipinski definition) is 7. The van der Waals surface area contributed by atoms with Crippen molar-refractivity contribution in [1.29, 1.82) is 0 Å². The van der Waals surface area contributed by atoms with Crippen molar-refractivity contribution in [2.24, 2.45) is 0 Å². The zero-order chi connectivity index (χ0) is 18.5. The predicted octanol–water partition coefficient (Wildman–Crippen LogP) is 3.09. The molecule has 0 aliphatic rings. The van der Waals surface area contributed by atoms with E-state index in [1.807, 2.05) is 49.4 Å². The van der Waals surface area contributed by atoms with Crippen LogP contribution in [0.1, 0.15) is 6.92 Å². The van der Waals surface area contributed by atoms with Crippen molar-refractivity contribution in [3.8, 4) is 0 Å². The SMILES string of the molecule is C/C=C\C(S)=C/Cn1nnc2cnc(Nc3cccc(S(C)=O)c3)nc21. The Morgan fingerprint density at radius 3 is 3.04 bits per heavy atom. The Hall–Kier alpha value is -2.52. The minimum absolute atomic E-state index is 0.420. The maximum Gasteiger partial charge on any atom is 0.229 e. The van der Waals surface area contributed by atoms with Gasteiger partial charge in [0.2, 0.25) is 5.95 Å². The van der Waals surface area contributed by atoms with Gasteiger partial charge in [-0.2, -0.15) is 4.98 Å². The van der Waals surface area contributed by atoms with E-state index in [0.29, 0.717) is 23.7 Å². The molecule has 0 radical (unpaired) electrons. The number of aromatic nitrogens is 5. The molecule has 2 aromatic heterocycles. The van der Waals surface area contributed by atoms with Gasteiger partial charge in [-0.25, -0.2) is 9.67 Å². The highest BCUT2D eigenvalue weighted by molar-refractivity contribution is 7.84. The quantitative estimate of drug-likeness (QED) is 0.500. The van der Waals surface area contributed by atoms with Gasteiger partial charge in [0.15, 0.2) is 11.2 Å². The van der Waals surface area contributed by atoms with Gasteiger partial charge in [-0.3, -0.25) is 4.21 Å². The Morgan fingerprint density at radius 2 is 2.27 bits per heavy atom. The van der Waals surface area contributed by atoms with Gasteiger partial charge in [-0.15, -0.1) is 17.7 Å². The van der Waals surface area contributed by atoms with E-state index in [0.717, 1.165) is 15.5 Å². The smallest absolute Gasteiger partial charge is 0.229 e. The van der Waals surface area contributed by atoms with Gasteiger partial charge in [0, 0.05) is 32.5 Å². The highest BCUT2D eigenvalue weighted by Gasteiger charge is 2.08. The monoisotopic (exact) mass is 386 g/mol. The molecule has 0 saturated carbocycles. The van der Waals surface area contributed by atoms with Crippen molar-refractivity contribution >= 4 is 46.2 Å². The van der Waals surface area contributed by atoms with Crippen molar-refractivity contribution < 1.29 is 4.21 Å². The van der Waals surface area contributed by atoms with Crippen molar-refractivity contribution in [1.82, 2.24) is 25.0 Å². The van der Waals surface area contributed by atoms with Crippen molar-refractivity contribution in [3.63, 3.8) is 0 Å². The van der Waals surface area contributed by atoms with Crippen LogP contribution in [-0.4, -0.2) is 35.4 Å². The fourth-order valence-electron chi connectivity index (χ4n) is 2.26. The summed E-state index contributed by atoms with van der Waals surface area (Å²) >= 11 is 4.37. The molecule has 0 spiro atoms. The minimum atomic E-state index is -1.05. The molecule has 0 aliphatic heterocycles. The second-order valence-corrected chi connectivity index (χ2v) is 7.31. The molecule has 1 atom stereocenters. The van der Waals surface area contributed by atoms with Gasteiger partial charge in [0.1, 0.15) is 0 Å². The number of nitrogens with zero attached hydrogens (tertiary/aromatic N) is 5. The second kappa shape index (κ2) is 8.24. The van der Waals surface area contributed by atoms with Crippen LogP contribution in [0.3, 0.4) is 0 Å². The highest BCUT2D eigenvalue weighted by Crippen LogP contribution is 2.18. The lowest BCUT2D eigenvalue weighted by Crippen LogP contribution is -2.02. The molecule has 0 bridgehead atoms. The van der Waals surface area contributed by atoms with E-state index in [9.17, 15) is 4.21 Å². The van der Waals surface area contributed by atoms with E-state index < -0.39 is 10.8 Å². The van der Waals surface area contributed by atoms with Crippen LogP contribution in [0, 0.1) is 0 Å². The molecule has 0 amide bonds. The summed E-state index contributed by atoms with van der Waals surface area (Å²) in [6.07, 6.45) is 9.00. The van der Waals surface area contributed by atoms with Crippen LogP contribution >= 0.6 is 12.6 Å². The second-order valence-electron chi connectivity index (χ2n) is 5.41. The van der Waals surface area contributed by atoms with E-state index in [4.69, 9.17) is 0 Å². The van der Waals surface area contributed by atoms with Crippen LogP contribution in [0.25, 0.3) is 11.2 Å². The lowest BCUT2D eigenvalue weighted by atomic mass is 10.3. The van der Waals surface area contributed by atoms with Crippen LogP contribution in [0.5, 0.6) is 0 Å². The largest absolute Gasteiger partial charge is 0.324 e. The normalized spacial score (nSPS) is 13.4. The van der Waals surface area contributed by atoms with Crippen LogP contribution < -0.4 is 5.32 Å². The average Bonchev–Trinajstić information content (AvgIpc) is 3.03. The molecule has 2 heterocycles. The zero-order valence-corrected chi connectivity index (χ0v) is 16.0. The summed E-state index contributed by atoms with van der Waals surface area (Å²) in [5.74, 6) is 0.420.